The minimum atomic E-state index is 0.238. The van der Waals surface area contributed by atoms with Crippen LogP contribution in [0.2, 0.25) is 0 Å². The number of phenolic OH excluding ortho intramolecular Hbond substituents is 1. The van der Waals surface area contributed by atoms with Crippen molar-refractivity contribution in [3.05, 3.63) is 53.9 Å². The summed E-state index contributed by atoms with van der Waals surface area (Å²) in [6, 6.07) is 11.4. The first-order valence-corrected chi connectivity index (χ1v) is 9.92. The number of aromatic hydroxyl groups is 1. The number of rotatable bonds is 3. The van der Waals surface area contributed by atoms with E-state index < -0.39 is 0 Å². The van der Waals surface area contributed by atoms with Gasteiger partial charge in [-0.3, -0.25) is 4.98 Å². The van der Waals surface area contributed by atoms with Crippen molar-refractivity contribution in [2.24, 2.45) is 0 Å². The predicted octanol–water partition coefficient (Wildman–Crippen LogP) is 3.08. The van der Waals surface area contributed by atoms with Crippen LogP contribution in [0.5, 0.6) is 5.75 Å². The van der Waals surface area contributed by atoms with Gasteiger partial charge >= 0.3 is 0 Å². The van der Waals surface area contributed by atoms with Gasteiger partial charge in [-0.1, -0.05) is 12.1 Å². The Morgan fingerprint density at radius 3 is 2.69 bits per heavy atom. The molecule has 1 saturated heterocycles. The molecule has 0 atom stereocenters. The number of nitrogens with zero attached hydrogens (tertiary/aromatic N) is 5. The van der Waals surface area contributed by atoms with Crippen LogP contribution in [-0.4, -0.2) is 52.9 Å². The molecule has 0 aliphatic carbocycles. The molecule has 1 fully saturated rings. The molecule has 0 saturated carbocycles. The summed E-state index contributed by atoms with van der Waals surface area (Å²) in [6.45, 7) is 5.73. The van der Waals surface area contributed by atoms with Crippen LogP contribution in [0.25, 0.3) is 11.3 Å². The first-order chi connectivity index (χ1) is 14.2. The summed E-state index contributed by atoms with van der Waals surface area (Å²) < 4.78 is 5.50. The number of aryl methyl sites for hydroxylation is 1. The zero-order valence-corrected chi connectivity index (χ0v) is 16.4. The minimum Gasteiger partial charge on any atom is -0.508 e. The van der Waals surface area contributed by atoms with E-state index in [0.717, 1.165) is 60.1 Å². The fourth-order valence-corrected chi connectivity index (χ4v) is 3.99. The molecule has 7 heteroatoms. The Morgan fingerprint density at radius 1 is 1.03 bits per heavy atom. The average Bonchev–Trinajstić information content (AvgIpc) is 3.18. The third kappa shape index (κ3) is 3.38. The van der Waals surface area contributed by atoms with Crippen LogP contribution in [0.3, 0.4) is 0 Å². The van der Waals surface area contributed by atoms with Gasteiger partial charge in [0.25, 0.3) is 0 Å². The van der Waals surface area contributed by atoms with Gasteiger partial charge in [-0.2, -0.15) is 4.98 Å². The molecule has 148 valence electrons. The molecule has 0 unspecified atom stereocenters. The smallest absolute Gasteiger partial charge is 0.228 e. The second kappa shape index (κ2) is 7.33. The van der Waals surface area contributed by atoms with Crippen molar-refractivity contribution >= 4 is 17.5 Å². The summed E-state index contributed by atoms with van der Waals surface area (Å²) in [6.07, 6.45) is 2.69. The highest BCUT2D eigenvalue weighted by Gasteiger charge is 2.29. The van der Waals surface area contributed by atoms with E-state index in [1.807, 2.05) is 31.3 Å². The average molecular weight is 389 g/mol. The second-order valence-corrected chi connectivity index (χ2v) is 7.38. The summed E-state index contributed by atoms with van der Waals surface area (Å²) in [4.78, 5) is 18.6. The van der Waals surface area contributed by atoms with Crippen LogP contribution in [0.15, 0.2) is 42.6 Å². The van der Waals surface area contributed by atoms with Crippen LogP contribution in [-0.2, 0) is 11.2 Å². The Kier molecular flexibility index (Phi) is 4.52. The number of morpholine rings is 1. The minimum absolute atomic E-state index is 0.238. The molecule has 29 heavy (non-hydrogen) atoms. The highest BCUT2D eigenvalue weighted by atomic mass is 16.5. The van der Waals surface area contributed by atoms with Gasteiger partial charge in [-0.15, -0.1) is 0 Å². The van der Waals surface area contributed by atoms with Gasteiger partial charge < -0.3 is 19.6 Å². The second-order valence-electron chi connectivity index (χ2n) is 7.38. The van der Waals surface area contributed by atoms with Crippen molar-refractivity contribution in [2.75, 3.05) is 42.6 Å². The standard InChI is InChI=1S/C22H23N5O2/c1-15-13-17(5-7-23-15)27-8-6-19-20(16-3-2-4-18(28)14-16)24-22(25-21(19)27)26-9-11-29-12-10-26/h2-5,7,13-14,28H,6,8-12H2,1H3. The first-order valence-electron chi connectivity index (χ1n) is 9.92. The van der Waals surface area contributed by atoms with Crippen LogP contribution in [0.4, 0.5) is 17.5 Å². The van der Waals surface area contributed by atoms with E-state index in [9.17, 15) is 5.11 Å². The topological polar surface area (TPSA) is 74.6 Å². The van der Waals surface area contributed by atoms with Crippen molar-refractivity contribution in [2.45, 2.75) is 13.3 Å². The number of anilines is 3. The van der Waals surface area contributed by atoms with Gasteiger partial charge in [0, 0.05) is 48.3 Å². The maximum absolute atomic E-state index is 10.0. The van der Waals surface area contributed by atoms with E-state index in [4.69, 9.17) is 14.7 Å². The Bertz CT molecular complexity index is 1050. The highest BCUT2D eigenvalue weighted by Crippen LogP contribution is 2.39. The lowest BCUT2D eigenvalue weighted by Crippen LogP contribution is -2.37. The Labute approximate surface area is 169 Å². The molecule has 2 aromatic heterocycles. The molecule has 1 aromatic carbocycles. The molecule has 4 heterocycles. The third-order valence-corrected chi connectivity index (χ3v) is 5.42. The van der Waals surface area contributed by atoms with Crippen LogP contribution in [0.1, 0.15) is 11.3 Å². The Morgan fingerprint density at radius 2 is 1.90 bits per heavy atom. The first kappa shape index (κ1) is 17.9. The van der Waals surface area contributed by atoms with Gasteiger partial charge in [-0.25, -0.2) is 4.98 Å². The predicted molar refractivity (Wildman–Crippen MR) is 112 cm³/mol. The summed E-state index contributed by atoms with van der Waals surface area (Å²) in [5.41, 5.74) is 4.98. The van der Waals surface area contributed by atoms with Gasteiger partial charge in [0.2, 0.25) is 5.95 Å². The maximum atomic E-state index is 10.0. The number of hydrogen-bond donors (Lipinski definition) is 1. The molecule has 2 aliphatic rings. The summed E-state index contributed by atoms with van der Waals surface area (Å²) in [5, 5.41) is 10.0. The van der Waals surface area contributed by atoms with Crippen molar-refractivity contribution in [1.82, 2.24) is 15.0 Å². The van der Waals surface area contributed by atoms with E-state index in [-0.39, 0.29) is 5.75 Å². The molecule has 1 N–H and O–H groups in total. The molecule has 3 aromatic rings. The highest BCUT2D eigenvalue weighted by molar-refractivity contribution is 5.77. The van der Waals surface area contributed by atoms with Crippen molar-refractivity contribution in [3.63, 3.8) is 0 Å². The molecular weight excluding hydrogens is 366 g/mol. The fraction of sp³-hybridized carbons (Fsp3) is 0.318. The number of fused-ring (bicyclic) bond motifs is 1. The van der Waals surface area contributed by atoms with Crippen LogP contribution < -0.4 is 9.80 Å². The van der Waals surface area contributed by atoms with Crippen LogP contribution in [0, 0.1) is 6.92 Å². The molecule has 5 rings (SSSR count). The molecule has 0 spiro atoms. The Hall–Kier alpha value is -3.19. The number of phenols is 1. The zero-order chi connectivity index (χ0) is 19.8. The van der Waals surface area contributed by atoms with Gasteiger partial charge in [0.05, 0.1) is 18.9 Å². The van der Waals surface area contributed by atoms with E-state index in [1.54, 1.807) is 12.1 Å². The lowest BCUT2D eigenvalue weighted by molar-refractivity contribution is 0.122. The SMILES string of the molecule is Cc1cc(N2CCc3c(-c4cccc(O)c4)nc(N4CCOCC4)nc32)ccn1. The van der Waals surface area contributed by atoms with Gasteiger partial charge in [0.15, 0.2) is 0 Å². The molecule has 0 radical (unpaired) electrons. The number of hydrogen-bond acceptors (Lipinski definition) is 7. The number of benzene rings is 1. The normalized spacial score (nSPS) is 16.2. The summed E-state index contributed by atoms with van der Waals surface area (Å²) >= 11 is 0. The summed E-state index contributed by atoms with van der Waals surface area (Å²) in [7, 11) is 0. The van der Waals surface area contributed by atoms with E-state index in [2.05, 4.69) is 20.9 Å². The summed E-state index contributed by atoms with van der Waals surface area (Å²) in [5.74, 6) is 1.89. The number of pyridine rings is 1. The fourth-order valence-electron chi connectivity index (χ4n) is 3.99. The largest absolute Gasteiger partial charge is 0.508 e. The molecule has 0 bridgehead atoms. The van der Waals surface area contributed by atoms with Crippen LogP contribution >= 0.6 is 0 Å². The zero-order valence-electron chi connectivity index (χ0n) is 16.4. The van der Waals surface area contributed by atoms with E-state index >= 15 is 0 Å². The maximum Gasteiger partial charge on any atom is 0.228 e. The third-order valence-electron chi connectivity index (χ3n) is 5.42. The molecule has 7 nitrogen and oxygen atoms in total. The number of ether oxygens (including phenoxy) is 1. The van der Waals surface area contributed by atoms with Crippen molar-refractivity contribution in [3.8, 4) is 17.0 Å². The van der Waals surface area contributed by atoms with E-state index in [1.165, 1.54) is 0 Å². The van der Waals surface area contributed by atoms with Gasteiger partial charge in [0.1, 0.15) is 11.6 Å². The van der Waals surface area contributed by atoms with Gasteiger partial charge in [-0.05, 0) is 37.6 Å². The lowest BCUT2D eigenvalue weighted by Gasteiger charge is -2.28. The van der Waals surface area contributed by atoms with Crippen molar-refractivity contribution < 1.29 is 9.84 Å². The monoisotopic (exact) mass is 389 g/mol. The number of aromatic nitrogens is 3. The van der Waals surface area contributed by atoms with Crippen molar-refractivity contribution in [1.29, 1.82) is 0 Å². The molecule has 2 aliphatic heterocycles. The quantitative estimate of drug-likeness (QED) is 0.738. The van der Waals surface area contributed by atoms with E-state index in [0.29, 0.717) is 19.2 Å². The molecule has 0 amide bonds. The Balaban J connectivity index is 1.66. The molecular formula is C22H23N5O2. The lowest BCUT2D eigenvalue weighted by atomic mass is 10.1.